The van der Waals surface area contributed by atoms with Gasteiger partial charge in [-0.15, -0.1) is 11.8 Å². The average molecular weight is 339 g/mol. The Hall–Kier alpha value is -2.34. The number of hydrogen-bond donors (Lipinski definition) is 1. The molecule has 0 bridgehead atoms. The van der Waals surface area contributed by atoms with Gasteiger partial charge < -0.3 is 4.52 Å². The van der Waals surface area contributed by atoms with Gasteiger partial charge in [-0.2, -0.15) is 5.10 Å². The largest absolute Gasteiger partial charge is 0.360 e. The normalized spacial score (nSPS) is 14.0. The number of thioether (sulfide) groups is 1. The van der Waals surface area contributed by atoms with E-state index in [1.54, 1.807) is 24.2 Å². The molecule has 0 unspecified atom stereocenters. The Labute approximate surface area is 143 Å². The van der Waals surface area contributed by atoms with Crippen LogP contribution in [0, 0.1) is 0 Å². The van der Waals surface area contributed by atoms with Gasteiger partial charge in [0.25, 0.3) is 0 Å². The standard InChI is InChI=1S/C18H17N3O2S/c1-24-14-4-5-15(12(9-14)8-13-6-7-19-21-13)17(22)16-10-20-23-18(16)11-2-3-11/h4-7,9-11H,2-3,8H2,1H3,(H,19,21). The number of carbonyl (C=O) groups is 1. The summed E-state index contributed by atoms with van der Waals surface area (Å²) < 4.78 is 5.33. The van der Waals surface area contributed by atoms with Crippen molar-refractivity contribution in [2.45, 2.75) is 30.1 Å². The van der Waals surface area contributed by atoms with Gasteiger partial charge in [0.15, 0.2) is 11.5 Å². The molecule has 1 fully saturated rings. The Kier molecular flexibility index (Phi) is 3.98. The molecule has 3 aromatic rings. The van der Waals surface area contributed by atoms with Gasteiger partial charge in [0.05, 0.1) is 17.5 Å². The van der Waals surface area contributed by atoms with Crippen LogP contribution in [0.5, 0.6) is 0 Å². The Balaban J connectivity index is 1.73. The maximum absolute atomic E-state index is 13.1. The molecule has 1 aliphatic carbocycles. The Morgan fingerprint density at radius 1 is 1.33 bits per heavy atom. The van der Waals surface area contributed by atoms with Crippen molar-refractivity contribution in [2.24, 2.45) is 0 Å². The minimum absolute atomic E-state index is 0.0173. The number of aromatic nitrogens is 3. The summed E-state index contributed by atoms with van der Waals surface area (Å²) in [5, 5.41) is 10.9. The van der Waals surface area contributed by atoms with Gasteiger partial charge in [-0.05, 0) is 48.9 Å². The van der Waals surface area contributed by atoms with E-state index in [-0.39, 0.29) is 5.78 Å². The summed E-state index contributed by atoms with van der Waals surface area (Å²) in [5.41, 5.74) is 3.18. The van der Waals surface area contributed by atoms with E-state index in [0.29, 0.717) is 23.5 Å². The smallest absolute Gasteiger partial charge is 0.198 e. The Morgan fingerprint density at radius 3 is 2.92 bits per heavy atom. The second kappa shape index (κ2) is 6.28. The van der Waals surface area contributed by atoms with E-state index in [4.69, 9.17) is 4.52 Å². The highest BCUT2D eigenvalue weighted by Gasteiger charge is 2.33. The van der Waals surface area contributed by atoms with Crippen LogP contribution in [0.1, 0.15) is 51.7 Å². The lowest BCUT2D eigenvalue weighted by Gasteiger charge is -2.09. The van der Waals surface area contributed by atoms with Crippen molar-refractivity contribution in [1.82, 2.24) is 15.4 Å². The van der Waals surface area contributed by atoms with Crippen LogP contribution in [0.2, 0.25) is 0 Å². The number of benzene rings is 1. The maximum Gasteiger partial charge on any atom is 0.198 e. The number of ketones is 1. The molecule has 1 saturated carbocycles. The highest BCUT2D eigenvalue weighted by Crippen LogP contribution is 2.42. The topological polar surface area (TPSA) is 71.8 Å². The molecule has 0 aliphatic heterocycles. The first-order chi connectivity index (χ1) is 11.8. The van der Waals surface area contributed by atoms with Gasteiger partial charge >= 0.3 is 0 Å². The molecular formula is C18H17N3O2S. The fourth-order valence-electron chi connectivity index (χ4n) is 2.85. The molecule has 0 spiro atoms. The highest BCUT2D eigenvalue weighted by atomic mass is 32.2. The summed E-state index contributed by atoms with van der Waals surface area (Å²) in [6, 6.07) is 7.88. The average Bonchev–Trinajstić information content (AvgIpc) is 3.10. The van der Waals surface area contributed by atoms with Crippen molar-refractivity contribution in [3.63, 3.8) is 0 Å². The minimum Gasteiger partial charge on any atom is -0.360 e. The molecule has 1 aliphatic rings. The van der Waals surface area contributed by atoms with E-state index < -0.39 is 0 Å². The fourth-order valence-corrected chi connectivity index (χ4v) is 3.32. The number of rotatable bonds is 6. The van der Waals surface area contributed by atoms with Crippen LogP contribution >= 0.6 is 11.8 Å². The lowest BCUT2D eigenvalue weighted by Crippen LogP contribution is -2.07. The van der Waals surface area contributed by atoms with Crippen molar-refractivity contribution < 1.29 is 9.32 Å². The second-order valence-corrected chi connectivity index (χ2v) is 6.85. The SMILES string of the molecule is CSc1ccc(C(=O)c2cnoc2C2CC2)c(Cc2cc[nH]n2)c1. The molecule has 1 N–H and O–H groups in total. The fraction of sp³-hybridized carbons (Fsp3) is 0.278. The Morgan fingerprint density at radius 2 is 2.21 bits per heavy atom. The molecule has 0 saturated heterocycles. The second-order valence-electron chi connectivity index (χ2n) is 5.97. The van der Waals surface area contributed by atoms with Gasteiger partial charge in [0.2, 0.25) is 0 Å². The van der Waals surface area contributed by atoms with E-state index in [1.807, 2.05) is 24.5 Å². The molecule has 122 valence electrons. The van der Waals surface area contributed by atoms with Crippen molar-refractivity contribution >= 4 is 17.5 Å². The van der Waals surface area contributed by atoms with Crippen molar-refractivity contribution in [2.75, 3.05) is 6.26 Å². The molecule has 1 aromatic carbocycles. The zero-order chi connectivity index (χ0) is 16.5. The van der Waals surface area contributed by atoms with Crippen LogP contribution in [0.15, 0.2) is 46.1 Å². The molecule has 5 nitrogen and oxygen atoms in total. The quantitative estimate of drug-likeness (QED) is 0.546. The summed E-state index contributed by atoms with van der Waals surface area (Å²) in [6.07, 6.45) is 8.13. The number of aromatic amines is 1. The third-order valence-corrected chi connectivity index (χ3v) is 5.00. The lowest BCUT2D eigenvalue weighted by atomic mass is 9.95. The van der Waals surface area contributed by atoms with Gasteiger partial charge in [-0.1, -0.05) is 5.16 Å². The molecule has 0 amide bonds. The minimum atomic E-state index is -0.0173. The molecule has 24 heavy (non-hydrogen) atoms. The Bertz CT molecular complexity index is 866. The number of nitrogens with zero attached hydrogens (tertiary/aromatic N) is 2. The first kappa shape index (κ1) is 15.2. The third-order valence-electron chi connectivity index (χ3n) is 4.28. The molecule has 0 radical (unpaired) electrons. The van der Waals surface area contributed by atoms with Crippen LogP contribution in [0.4, 0.5) is 0 Å². The van der Waals surface area contributed by atoms with Crippen LogP contribution in [0.25, 0.3) is 0 Å². The van der Waals surface area contributed by atoms with Crippen LogP contribution in [-0.4, -0.2) is 27.4 Å². The first-order valence-electron chi connectivity index (χ1n) is 7.91. The zero-order valence-electron chi connectivity index (χ0n) is 13.3. The van der Waals surface area contributed by atoms with E-state index in [0.717, 1.165) is 34.8 Å². The lowest BCUT2D eigenvalue weighted by molar-refractivity contribution is 0.103. The van der Waals surface area contributed by atoms with Crippen molar-refractivity contribution in [1.29, 1.82) is 0 Å². The monoisotopic (exact) mass is 339 g/mol. The van der Waals surface area contributed by atoms with Crippen LogP contribution < -0.4 is 0 Å². The summed E-state index contributed by atoms with van der Waals surface area (Å²) >= 11 is 1.66. The summed E-state index contributed by atoms with van der Waals surface area (Å²) in [7, 11) is 0. The molecule has 6 heteroatoms. The van der Waals surface area contributed by atoms with E-state index in [2.05, 4.69) is 21.4 Å². The predicted molar refractivity (Wildman–Crippen MR) is 91.5 cm³/mol. The van der Waals surface area contributed by atoms with Crippen LogP contribution in [0.3, 0.4) is 0 Å². The molecule has 0 atom stereocenters. The van der Waals surface area contributed by atoms with E-state index in [9.17, 15) is 4.79 Å². The maximum atomic E-state index is 13.1. The molecule has 4 rings (SSSR count). The summed E-state index contributed by atoms with van der Waals surface area (Å²) in [4.78, 5) is 14.2. The third kappa shape index (κ3) is 2.89. The van der Waals surface area contributed by atoms with Gasteiger partial charge in [-0.25, -0.2) is 0 Å². The van der Waals surface area contributed by atoms with Gasteiger partial charge in [0, 0.05) is 29.0 Å². The summed E-state index contributed by atoms with van der Waals surface area (Å²) in [5.74, 6) is 1.07. The molecule has 2 aromatic heterocycles. The summed E-state index contributed by atoms with van der Waals surface area (Å²) in [6.45, 7) is 0. The number of nitrogens with one attached hydrogen (secondary N) is 1. The number of hydrogen-bond acceptors (Lipinski definition) is 5. The molecule has 2 heterocycles. The van der Waals surface area contributed by atoms with Gasteiger partial charge in [-0.3, -0.25) is 9.89 Å². The van der Waals surface area contributed by atoms with Crippen molar-refractivity contribution in [3.05, 3.63) is 64.8 Å². The zero-order valence-corrected chi connectivity index (χ0v) is 14.1. The number of carbonyl (C=O) groups excluding carboxylic acids is 1. The predicted octanol–water partition coefficient (Wildman–Crippen LogP) is 3.82. The first-order valence-corrected chi connectivity index (χ1v) is 9.13. The van der Waals surface area contributed by atoms with E-state index in [1.165, 1.54) is 0 Å². The van der Waals surface area contributed by atoms with Crippen LogP contribution in [-0.2, 0) is 6.42 Å². The van der Waals surface area contributed by atoms with Crippen molar-refractivity contribution in [3.8, 4) is 0 Å². The number of H-pyrrole nitrogens is 1. The highest BCUT2D eigenvalue weighted by molar-refractivity contribution is 7.98. The van der Waals surface area contributed by atoms with Gasteiger partial charge in [0.1, 0.15) is 0 Å². The molecular weight excluding hydrogens is 322 g/mol. The van der Waals surface area contributed by atoms with E-state index >= 15 is 0 Å².